The lowest BCUT2D eigenvalue weighted by Gasteiger charge is -2.14. The molecule has 0 atom stereocenters. The zero-order valence-electron chi connectivity index (χ0n) is 16.2. The molecule has 0 radical (unpaired) electrons. The second-order valence-corrected chi connectivity index (χ2v) is 6.65. The van der Waals surface area contributed by atoms with Crippen LogP contribution in [0.1, 0.15) is 64.8 Å². The van der Waals surface area contributed by atoms with Crippen LogP contribution in [0.3, 0.4) is 0 Å². The Kier molecular flexibility index (Phi) is 7.38. The number of nitrogens with zero attached hydrogens (tertiary/aromatic N) is 3. The zero-order valence-corrected chi connectivity index (χ0v) is 17.0. The molecule has 2 aromatic rings. The summed E-state index contributed by atoms with van der Waals surface area (Å²) in [6, 6.07) is 5.78. The molecule has 7 heteroatoms. The fourth-order valence-corrected chi connectivity index (χ4v) is 2.87. The molecule has 0 bridgehead atoms. The van der Waals surface area contributed by atoms with Gasteiger partial charge in [-0.25, -0.2) is 0 Å². The van der Waals surface area contributed by atoms with Crippen LogP contribution in [-0.2, 0) is 0 Å². The summed E-state index contributed by atoms with van der Waals surface area (Å²) in [5.41, 5.74) is 0.906. The van der Waals surface area contributed by atoms with E-state index in [2.05, 4.69) is 29.1 Å². The predicted octanol–water partition coefficient (Wildman–Crippen LogP) is 4.91. The maximum absolute atomic E-state index is 5.80. The van der Waals surface area contributed by atoms with Gasteiger partial charge in [0.25, 0.3) is 0 Å². The molecule has 1 aromatic carbocycles. The Balaban J connectivity index is 2.32. The summed E-state index contributed by atoms with van der Waals surface area (Å²) in [6.07, 6.45) is 3.82. The fraction of sp³-hybridized carbons (Fsp3) is 0.526. The Morgan fingerprint density at radius 1 is 1.23 bits per heavy atom. The lowest BCUT2D eigenvalue weighted by Crippen LogP contribution is -2.08. The SMILES string of the molecule is CCOc1cc(/C=N\n2c(C(CC)CC)n[nH]c2=S)ccc1OC(C)C. The third-order valence-electron chi connectivity index (χ3n) is 3.98. The topological polar surface area (TPSA) is 64.4 Å². The van der Waals surface area contributed by atoms with E-state index < -0.39 is 0 Å². The molecule has 0 saturated heterocycles. The second-order valence-electron chi connectivity index (χ2n) is 6.26. The number of H-pyrrole nitrogens is 1. The third-order valence-corrected chi connectivity index (χ3v) is 4.24. The van der Waals surface area contributed by atoms with E-state index >= 15 is 0 Å². The maximum atomic E-state index is 5.80. The van der Waals surface area contributed by atoms with Gasteiger partial charge in [0.2, 0.25) is 4.77 Å². The largest absolute Gasteiger partial charge is 0.490 e. The van der Waals surface area contributed by atoms with Crippen molar-refractivity contribution in [3.63, 3.8) is 0 Å². The molecule has 1 aromatic heterocycles. The van der Waals surface area contributed by atoms with Crippen LogP contribution in [0.5, 0.6) is 11.5 Å². The van der Waals surface area contributed by atoms with Gasteiger partial charge in [0.05, 0.1) is 18.9 Å². The van der Waals surface area contributed by atoms with E-state index in [0.717, 1.165) is 30.0 Å². The van der Waals surface area contributed by atoms with E-state index in [-0.39, 0.29) is 6.10 Å². The Labute approximate surface area is 160 Å². The van der Waals surface area contributed by atoms with Gasteiger partial charge in [-0.3, -0.25) is 5.10 Å². The van der Waals surface area contributed by atoms with Crippen molar-refractivity contribution >= 4 is 18.4 Å². The summed E-state index contributed by atoms with van der Waals surface area (Å²) in [5.74, 6) is 2.62. The lowest BCUT2D eigenvalue weighted by atomic mass is 10.0. The van der Waals surface area contributed by atoms with Crippen LogP contribution < -0.4 is 9.47 Å². The molecule has 26 heavy (non-hydrogen) atoms. The van der Waals surface area contributed by atoms with E-state index in [9.17, 15) is 0 Å². The van der Waals surface area contributed by atoms with Gasteiger partial charge in [0.15, 0.2) is 17.3 Å². The number of hydrogen-bond donors (Lipinski definition) is 1. The monoisotopic (exact) mass is 376 g/mol. The first-order valence-electron chi connectivity index (χ1n) is 9.15. The highest BCUT2D eigenvalue weighted by Gasteiger charge is 2.15. The van der Waals surface area contributed by atoms with Crippen molar-refractivity contribution in [3.8, 4) is 11.5 Å². The van der Waals surface area contributed by atoms with Crippen LogP contribution in [0.4, 0.5) is 0 Å². The van der Waals surface area contributed by atoms with Gasteiger partial charge in [-0.15, -0.1) is 0 Å². The Morgan fingerprint density at radius 3 is 2.58 bits per heavy atom. The molecule has 0 fully saturated rings. The zero-order chi connectivity index (χ0) is 19.1. The minimum Gasteiger partial charge on any atom is -0.490 e. The van der Waals surface area contributed by atoms with Crippen molar-refractivity contribution in [3.05, 3.63) is 34.4 Å². The molecular formula is C19H28N4O2S. The van der Waals surface area contributed by atoms with E-state index in [1.165, 1.54) is 0 Å². The van der Waals surface area contributed by atoms with Crippen LogP contribution in [0.2, 0.25) is 0 Å². The van der Waals surface area contributed by atoms with Crippen molar-refractivity contribution < 1.29 is 9.47 Å². The molecule has 6 nitrogen and oxygen atoms in total. The highest BCUT2D eigenvalue weighted by Crippen LogP contribution is 2.29. The molecule has 0 spiro atoms. The van der Waals surface area contributed by atoms with E-state index in [1.807, 2.05) is 39.0 Å². The van der Waals surface area contributed by atoms with Crippen LogP contribution in [0, 0.1) is 4.77 Å². The van der Waals surface area contributed by atoms with Crippen molar-refractivity contribution in [1.82, 2.24) is 14.9 Å². The Hall–Kier alpha value is -2.15. The minimum absolute atomic E-state index is 0.0839. The van der Waals surface area contributed by atoms with Gasteiger partial charge in [0.1, 0.15) is 0 Å². The summed E-state index contributed by atoms with van der Waals surface area (Å²) in [5, 5.41) is 11.7. The first-order chi connectivity index (χ1) is 12.5. The number of hydrogen-bond acceptors (Lipinski definition) is 5. The van der Waals surface area contributed by atoms with Gasteiger partial charge in [0, 0.05) is 5.92 Å². The maximum Gasteiger partial charge on any atom is 0.216 e. The van der Waals surface area contributed by atoms with E-state index in [4.69, 9.17) is 21.7 Å². The van der Waals surface area contributed by atoms with Crippen LogP contribution in [-0.4, -0.2) is 33.8 Å². The van der Waals surface area contributed by atoms with Crippen molar-refractivity contribution in [2.45, 2.75) is 59.5 Å². The van der Waals surface area contributed by atoms with Gasteiger partial charge in [-0.2, -0.15) is 14.9 Å². The minimum atomic E-state index is 0.0839. The quantitative estimate of drug-likeness (QED) is 0.499. The van der Waals surface area contributed by atoms with E-state index in [0.29, 0.717) is 23.0 Å². The normalized spacial score (nSPS) is 11.7. The molecule has 1 N–H and O–H groups in total. The number of ether oxygens (including phenoxy) is 2. The molecule has 0 amide bonds. The molecule has 0 aliphatic carbocycles. The molecule has 0 unspecified atom stereocenters. The number of benzene rings is 1. The highest BCUT2D eigenvalue weighted by molar-refractivity contribution is 7.71. The number of rotatable bonds is 9. The Bertz CT molecular complexity index is 791. The lowest BCUT2D eigenvalue weighted by molar-refractivity contribution is 0.224. The predicted molar refractivity (Wildman–Crippen MR) is 107 cm³/mol. The molecular weight excluding hydrogens is 348 g/mol. The molecule has 2 rings (SSSR count). The fourth-order valence-electron chi connectivity index (χ4n) is 2.68. The molecule has 0 saturated carbocycles. The Morgan fingerprint density at radius 2 is 1.96 bits per heavy atom. The van der Waals surface area contributed by atoms with Crippen molar-refractivity contribution in [2.24, 2.45) is 5.10 Å². The van der Waals surface area contributed by atoms with Gasteiger partial charge in [-0.1, -0.05) is 13.8 Å². The number of nitrogens with one attached hydrogen (secondary N) is 1. The number of aromatic nitrogens is 3. The van der Waals surface area contributed by atoms with Gasteiger partial charge in [-0.05, 0) is 69.6 Å². The smallest absolute Gasteiger partial charge is 0.216 e. The summed E-state index contributed by atoms with van der Waals surface area (Å²) < 4.78 is 13.7. The average Bonchev–Trinajstić information content (AvgIpc) is 2.97. The summed E-state index contributed by atoms with van der Waals surface area (Å²) in [4.78, 5) is 0. The first-order valence-corrected chi connectivity index (χ1v) is 9.56. The third kappa shape index (κ3) is 4.94. The van der Waals surface area contributed by atoms with Crippen LogP contribution in [0.25, 0.3) is 0 Å². The summed E-state index contributed by atoms with van der Waals surface area (Å²) >= 11 is 5.33. The average molecular weight is 377 g/mol. The molecule has 0 aliphatic heterocycles. The van der Waals surface area contributed by atoms with Crippen LogP contribution in [0.15, 0.2) is 23.3 Å². The van der Waals surface area contributed by atoms with E-state index in [1.54, 1.807) is 10.9 Å². The summed E-state index contributed by atoms with van der Waals surface area (Å²) in [6.45, 7) is 10.8. The van der Waals surface area contributed by atoms with Gasteiger partial charge >= 0.3 is 0 Å². The summed E-state index contributed by atoms with van der Waals surface area (Å²) in [7, 11) is 0. The second kappa shape index (κ2) is 9.52. The van der Waals surface area contributed by atoms with Gasteiger partial charge < -0.3 is 9.47 Å². The van der Waals surface area contributed by atoms with Crippen molar-refractivity contribution in [2.75, 3.05) is 6.61 Å². The number of aromatic amines is 1. The molecule has 142 valence electrons. The first kappa shape index (κ1) is 20.2. The molecule has 0 aliphatic rings. The van der Waals surface area contributed by atoms with Crippen LogP contribution >= 0.6 is 12.2 Å². The molecule has 1 heterocycles. The van der Waals surface area contributed by atoms with Crippen molar-refractivity contribution in [1.29, 1.82) is 0 Å². The highest BCUT2D eigenvalue weighted by atomic mass is 32.1. The standard InChI is InChI=1S/C19H28N4O2S/c1-6-15(7-2)18-21-22-19(26)23(18)20-12-14-9-10-16(25-13(4)5)17(11-14)24-8-3/h9-13,15H,6-8H2,1-5H3,(H,22,26)/b20-12-.